The van der Waals surface area contributed by atoms with Crippen molar-refractivity contribution in [3.8, 4) is 0 Å². The van der Waals surface area contributed by atoms with E-state index < -0.39 is 18.1 Å². The van der Waals surface area contributed by atoms with Gasteiger partial charge in [-0.1, -0.05) is 60.7 Å². The van der Waals surface area contributed by atoms with Crippen LogP contribution in [0.4, 0.5) is 0 Å². The molecule has 0 saturated carbocycles. The van der Waals surface area contributed by atoms with Crippen molar-refractivity contribution >= 4 is 5.78 Å². The van der Waals surface area contributed by atoms with Crippen molar-refractivity contribution in [2.75, 3.05) is 0 Å². The van der Waals surface area contributed by atoms with E-state index in [0.29, 0.717) is 0 Å². The van der Waals surface area contributed by atoms with Crippen LogP contribution < -0.4 is 0 Å². The lowest BCUT2D eigenvalue weighted by atomic mass is 9.83. The fourth-order valence-electron chi connectivity index (χ4n) is 2.64. The van der Waals surface area contributed by atoms with E-state index >= 15 is 0 Å². The Balaban J connectivity index is 1.96. The Kier molecular flexibility index (Phi) is 3.84. The van der Waals surface area contributed by atoms with Crippen LogP contribution >= 0.6 is 0 Å². The number of hydrogen-bond donors (Lipinski definition) is 1. The smallest absolute Gasteiger partial charge is 0.168 e. The zero-order valence-corrected chi connectivity index (χ0v) is 11.4. The Hall–Kier alpha value is -2.39. The summed E-state index contributed by atoms with van der Waals surface area (Å²) in [6.45, 7) is 0. The molecule has 1 aliphatic heterocycles. The van der Waals surface area contributed by atoms with Crippen LogP contribution in [-0.2, 0) is 9.53 Å². The number of hydrogen-bond acceptors (Lipinski definition) is 3. The van der Waals surface area contributed by atoms with Gasteiger partial charge in [0.2, 0.25) is 0 Å². The average Bonchev–Trinajstić information content (AvgIpc) is 2.55. The van der Waals surface area contributed by atoms with Crippen LogP contribution in [-0.4, -0.2) is 10.9 Å². The number of aliphatic hydroxyl groups excluding tert-OH is 1. The maximum atomic E-state index is 12.3. The van der Waals surface area contributed by atoms with E-state index in [1.807, 2.05) is 60.7 Å². The second kappa shape index (κ2) is 5.94. The van der Waals surface area contributed by atoms with E-state index in [-0.39, 0.29) is 5.78 Å². The predicted octanol–water partition coefficient (Wildman–Crippen LogP) is 3.19. The predicted molar refractivity (Wildman–Crippen MR) is 79.3 cm³/mol. The van der Waals surface area contributed by atoms with Gasteiger partial charge in [-0.25, -0.2) is 0 Å². The van der Waals surface area contributed by atoms with Crippen LogP contribution in [0, 0.1) is 5.92 Å². The lowest BCUT2D eigenvalue weighted by molar-refractivity contribution is -0.130. The van der Waals surface area contributed by atoms with Crippen molar-refractivity contribution in [1.29, 1.82) is 0 Å². The molecule has 0 amide bonds. The third-order valence-corrected chi connectivity index (χ3v) is 3.72. The van der Waals surface area contributed by atoms with Gasteiger partial charge in [0.1, 0.15) is 6.10 Å². The average molecular weight is 280 g/mol. The maximum Gasteiger partial charge on any atom is 0.168 e. The van der Waals surface area contributed by atoms with Crippen molar-refractivity contribution in [2.45, 2.75) is 12.2 Å². The number of benzene rings is 2. The fourth-order valence-corrected chi connectivity index (χ4v) is 2.64. The molecule has 0 unspecified atom stereocenters. The van der Waals surface area contributed by atoms with Gasteiger partial charge < -0.3 is 9.84 Å². The van der Waals surface area contributed by atoms with Gasteiger partial charge in [-0.15, -0.1) is 0 Å². The zero-order chi connectivity index (χ0) is 14.7. The molecule has 106 valence electrons. The Morgan fingerprint density at radius 2 is 1.57 bits per heavy atom. The Morgan fingerprint density at radius 1 is 0.952 bits per heavy atom. The molecule has 2 aromatic carbocycles. The van der Waals surface area contributed by atoms with Crippen LogP contribution in [0.3, 0.4) is 0 Å². The number of allylic oxidation sites excluding steroid dienone is 1. The molecule has 0 saturated heterocycles. The summed E-state index contributed by atoms with van der Waals surface area (Å²) < 4.78 is 5.63. The summed E-state index contributed by atoms with van der Waals surface area (Å²) in [7, 11) is 0. The van der Waals surface area contributed by atoms with E-state index in [9.17, 15) is 9.90 Å². The standard InChI is InChI=1S/C18H16O3/c19-15-11-12-21-18(14-9-5-2-6-10-14)16(15)17(20)13-7-3-1-4-8-13/h1-12,16-18,20H/t16-,17-,18-/m0/s1. The van der Waals surface area contributed by atoms with Gasteiger partial charge in [0.15, 0.2) is 5.78 Å². The molecule has 0 aliphatic carbocycles. The largest absolute Gasteiger partial charge is 0.492 e. The minimum Gasteiger partial charge on any atom is -0.492 e. The summed E-state index contributed by atoms with van der Waals surface area (Å²) in [5.74, 6) is -0.758. The van der Waals surface area contributed by atoms with Crippen LogP contribution in [0.5, 0.6) is 0 Å². The SMILES string of the molecule is O=C1C=CO[C@@H](c2ccccc2)[C@@H]1[C@@H](O)c1ccccc1. The monoisotopic (exact) mass is 280 g/mol. The van der Waals surface area contributed by atoms with E-state index in [0.717, 1.165) is 11.1 Å². The van der Waals surface area contributed by atoms with E-state index in [4.69, 9.17) is 4.74 Å². The minimum absolute atomic E-state index is 0.119. The second-order valence-electron chi connectivity index (χ2n) is 5.05. The van der Waals surface area contributed by atoms with E-state index in [2.05, 4.69) is 0 Å². The quantitative estimate of drug-likeness (QED) is 0.939. The first-order valence-corrected chi connectivity index (χ1v) is 6.91. The van der Waals surface area contributed by atoms with Gasteiger partial charge in [0, 0.05) is 6.08 Å². The highest BCUT2D eigenvalue weighted by Crippen LogP contribution is 2.38. The van der Waals surface area contributed by atoms with E-state index in [1.54, 1.807) is 0 Å². The molecule has 3 atom stereocenters. The van der Waals surface area contributed by atoms with Crippen molar-refractivity contribution in [3.05, 3.63) is 84.1 Å². The first kappa shape index (κ1) is 13.6. The van der Waals surface area contributed by atoms with Crippen molar-refractivity contribution in [2.24, 2.45) is 5.92 Å². The normalized spacial score (nSPS) is 22.6. The Bertz CT molecular complexity index is 634. The fraction of sp³-hybridized carbons (Fsp3) is 0.167. The molecule has 0 fully saturated rings. The van der Waals surface area contributed by atoms with Crippen LogP contribution in [0.1, 0.15) is 23.3 Å². The molecule has 0 spiro atoms. The summed E-state index contributed by atoms with van der Waals surface area (Å²) in [5, 5.41) is 10.6. The van der Waals surface area contributed by atoms with Crippen molar-refractivity contribution in [1.82, 2.24) is 0 Å². The van der Waals surface area contributed by atoms with Gasteiger partial charge >= 0.3 is 0 Å². The highest BCUT2D eigenvalue weighted by atomic mass is 16.5. The van der Waals surface area contributed by atoms with Crippen LogP contribution in [0.15, 0.2) is 73.0 Å². The summed E-state index contributed by atoms with van der Waals surface area (Å²) in [5.41, 5.74) is 1.60. The summed E-state index contributed by atoms with van der Waals surface area (Å²) in [4.78, 5) is 12.3. The molecule has 0 aromatic heterocycles. The van der Waals surface area contributed by atoms with Crippen molar-refractivity contribution < 1.29 is 14.6 Å². The maximum absolute atomic E-state index is 12.3. The first-order chi connectivity index (χ1) is 10.3. The highest BCUT2D eigenvalue weighted by molar-refractivity contribution is 5.93. The number of ether oxygens (including phenoxy) is 1. The molecule has 3 heteroatoms. The molecule has 1 aliphatic rings. The molecule has 0 bridgehead atoms. The minimum atomic E-state index is -0.895. The van der Waals surface area contributed by atoms with Crippen LogP contribution in [0.2, 0.25) is 0 Å². The topological polar surface area (TPSA) is 46.5 Å². The summed E-state index contributed by atoms with van der Waals surface area (Å²) in [6, 6.07) is 18.7. The molecule has 3 nitrogen and oxygen atoms in total. The second-order valence-corrected chi connectivity index (χ2v) is 5.05. The van der Waals surface area contributed by atoms with Crippen molar-refractivity contribution in [3.63, 3.8) is 0 Å². The number of aliphatic hydroxyl groups is 1. The third-order valence-electron chi connectivity index (χ3n) is 3.72. The number of ketones is 1. The van der Waals surface area contributed by atoms with Gasteiger partial charge in [0.05, 0.1) is 18.3 Å². The first-order valence-electron chi connectivity index (χ1n) is 6.91. The lowest BCUT2D eigenvalue weighted by Crippen LogP contribution is -2.31. The Morgan fingerprint density at radius 3 is 2.24 bits per heavy atom. The van der Waals surface area contributed by atoms with Gasteiger partial charge in [-0.3, -0.25) is 4.79 Å². The zero-order valence-electron chi connectivity index (χ0n) is 11.4. The molecular weight excluding hydrogens is 264 g/mol. The lowest BCUT2D eigenvalue weighted by Gasteiger charge is -2.31. The Labute approximate surface area is 123 Å². The summed E-state index contributed by atoms with van der Waals surface area (Å²) >= 11 is 0. The summed E-state index contributed by atoms with van der Waals surface area (Å²) in [6.07, 6.45) is 1.43. The van der Waals surface area contributed by atoms with E-state index in [1.165, 1.54) is 12.3 Å². The molecule has 1 N–H and O–H groups in total. The highest BCUT2D eigenvalue weighted by Gasteiger charge is 2.38. The molecule has 0 radical (unpaired) electrons. The number of carbonyl (C=O) groups excluding carboxylic acids is 1. The van der Waals surface area contributed by atoms with Gasteiger partial charge in [-0.2, -0.15) is 0 Å². The third kappa shape index (κ3) is 2.73. The molecule has 2 aromatic rings. The molecule has 3 rings (SSSR count). The van der Waals surface area contributed by atoms with Gasteiger partial charge in [-0.05, 0) is 11.1 Å². The molecule has 21 heavy (non-hydrogen) atoms. The number of carbonyl (C=O) groups is 1. The molecule has 1 heterocycles. The van der Waals surface area contributed by atoms with Gasteiger partial charge in [0.25, 0.3) is 0 Å². The molecular formula is C18H16O3. The number of rotatable bonds is 3. The van der Waals surface area contributed by atoms with Crippen LogP contribution in [0.25, 0.3) is 0 Å².